The molecule has 0 aliphatic carbocycles. The Morgan fingerprint density at radius 1 is 1.48 bits per heavy atom. The Bertz CT molecular complexity index is 546. The van der Waals surface area contributed by atoms with Crippen LogP contribution in [0.25, 0.3) is 0 Å². The second-order valence-electron chi connectivity index (χ2n) is 4.98. The van der Waals surface area contributed by atoms with Gasteiger partial charge in [0.15, 0.2) is 0 Å². The van der Waals surface area contributed by atoms with E-state index in [1.54, 1.807) is 25.1 Å². The van der Waals surface area contributed by atoms with Gasteiger partial charge in [0.25, 0.3) is 0 Å². The second kappa shape index (κ2) is 7.04. The van der Waals surface area contributed by atoms with E-state index in [9.17, 15) is 9.59 Å². The lowest BCUT2D eigenvalue weighted by atomic mass is 10.1. The molecule has 0 radical (unpaired) electrons. The number of benzene rings is 1. The molecule has 1 aromatic carbocycles. The summed E-state index contributed by atoms with van der Waals surface area (Å²) in [4.78, 5) is 23.8. The van der Waals surface area contributed by atoms with Gasteiger partial charge in [0.2, 0.25) is 5.91 Å². The van der Waals surface area contributed by atoms with E-state index in [4.69, 9.17) is 9.47 Å². The molecule has 1 heterocycles. The third-order valence-electron chi connectivity index (χ3n) is 3.31. The van der Waals surface area contributed by atoms with Crippen LogP contribution < -0.4 is 5.32 Å². The van der Waals surface area contributed by atoms with Gasteiger partial charge in [0, 0.05) is 4.47 Å². The van der Waals surface area contributed by atoms with Crippen molar-refractivity contribution in [2.45, 2.75) is 26.4 Å². The molecule has 1 aliphatic rings. The summed E-state index contributed by atoms with van der Waals surface area (Å²) in [5.41, 5.74) is 1.08. The van der Waals surface area contributed by atoms with Gasteiger partial charge >= 0.3 is 5.97 Å². The van der Waals surface area contributed by atoms with Crippen LogP contribution in [0, 0.1) is 5.92 Å². The average molecular weight is 356 g/mol. The van der Waals surface area contributed by atoms with Crippen LogP contribution in [-0.2, 0) is 14.3 Å². The number of halogens is 1. The van der Waals surface area contributed by atoms with Crippen molar-refractivity contribution in [1.29, 1.82) is 0 Å². The Morgan fingerprint density at radius 2 is 2.24 bits per heavy atom. The normalized spacial score (nSPS) is 21.1. The van der Waals surface area contributed by atoms with E-state index >= 15 is 0 Å². The predicted octanol–water partition coefficient (Wildman–Crippen LogP) is 2.99. The molecule has 6 heteroatoms. The molecule has 0 bridgehead atoms. The maximum Gasteiger partial charge on any atom is 0.338 e. The summed E-state index contributed by atoms with van der Waals surface area (Å²) in [6.07, 6.45) is 0.847. The Hall–Kier alpha value is -1.40. The molecule has 1 aliphatic heterocycles. The fraction of sp³-hybridized carbons (Fsp3) is 0.467. The summed E-state index contributed by atoms with van der Waals surface area (Å²) in [5, 5.41) is 2.85. The molecule has 1 amide bonds. The van der Waals surface area contributed by atoms with E-state index in [0.29, 0.717) is 28.9 Å². The third kappa shape index (κ3) is 4.04. The molecule has 2 atom stereocenters. The van der Waals surface area contributed by atoms with Crippen molar-refractivity contribution < 1.29 is 19.1 Å². The molecule has 2 unspecified atom stereocenters. The van der Waals surface area contributed by atoms with Crippen molar-refractivity contribution in [2.75, 3.05) is 18.5 Å². The summed E-state index contributed by atoms with van der Waals surface area (Å²) >= 11 is 3.36. The summed E-state index contributed by atoms with van der Waals surface area (Å²) in [5.74, 6) is -0.574. The summed E-state index contributed by atoms with van der Waals surface area (Å²) in [6.45, 7) is 4.49. The van der Waals surface area contributed by atoms with Gasteiger partial charge in [-0.2, -0.15) is 0 Å². The molecule has 1 N–H and O–H groups in total. The topological polar surface area (TPSA) is 64.6 Å². The van der Waals surface area contributed by atoms with Crippen molar-refractivity contribution >= 4 is 33.5 Å². The minimum atomic E-state index is -0.380. The van der Waals surface area contributed by atoms with Crippen LogP contribution in [-0.4, -0.2) is 31.2 Å². The van der Waals surface area contributed by atoms with E-state index in [1.807, 2.05) is 6.92 Å². The predicted molar refractivity (Wildman–Crippen MR) is 82.2 cm³/mol. The quantitative estimate of drug-likeness (QED) is 0.843. The van der Waals surface area contributed by atoms with Crippen LogP contribution in [0.1, 0.15) is 30.6 Å². The van der Waals surface area contributed by atoms with Crippen molar-refractivity contribution in [3.8, 4) is 0 Å². The number of hydrogen-bond donors (Lipinski definition) is 1. The highest BCUT2D eigenvalue weighted by molar-refractivity contribution is 9.10. The molecule has 0 aromatic heterocycles. The molecule has 114 valence electrons. The first-order valence-electron chi connectivity index (χ1n) is 6.90. The van der Waals surface area contributed by atoms with Gasteiger partial charge in [0.1, 0.15) is 0 Å². The molecule has 2 rings (SSSR count). The number of amides is 1. The summed E-state index contributed by atoms with van der Waals surface area (Å²) in [7, 11) is 0. The van der Waals surface area contributed by atoms with Crippen LogP contribution in [0.15, 0.2) is 22.7 Å². The van der Waals surface area contributed by atoms with E-state index in [0.717, 1.165) is 6.42 Å². The number of nitrogens with one attached hydrogen (secondary N) is 1. The lowest BCUT2D eigenvalue weighted by Crippen LogP contribution is -2.23. The molecule has 1 saturated heterocycles. The van der Waals surface area contributed by atoms with Gasteiger partial charge < -0.3 is 14.8 Å². The van der Waals surface area contributed by atoms with Crippen LogP contribution >= 0.6 is 15.9 Å². The molecule has 0 spiro atoms. The first-order chi connectivity index (χ1) is 10.0. The Kier molecular flexibility index (Phi) is 5.36. The van der Waals surface area contributed by atoms with Crippen LogP contribution in [0.4, 0.5) is 5.69 Å². The number of carbonyl (C=O) groups excluding carboxylic acids is 2. The summed E-state index contributed by atoms with van der Waals surface area (Å²) in [6, 6.07) is 4.96. The average Bonchev–Trinajstić information content (AvgIpc) is 2.88. The van der Waals surface area contributed by atoms with Crippen molar-refractivity contribution in [2.24, 2.45) is 5.92 Å². The number of esters is 1. The lowest BCUT2D eigenvalue weighted by molar-refractivity contribution is -0.119. The van der Waals surface area contributed by atoms with Gasteiger partial charge in [-0.1, -0.05) is 0 Å². The standard InChI is InChI=1S/C15H18BrNO4/c1-3-20-15(19)10-4-5-13(12(16)7-10)17-14(18)11-6-9(2)21-8-11/h4-5,7,9,11H,3,6,8H2,1-2H3,(H,17,18). The van der Waals surface area contributed by atoms with Crippen LogP contribution in [0.5, 0.6) is 0 Å². The minimum absolute atomic E-state index is 0.0658. The Labute approximate surface area is 132 Å². The molecule has 0 saturated carbocycles. The van der Waals surface area contributed by atoms with Gasteiger partial charge in [-0.3, -0.25) is 4.79 Å². The molecule has 1 fully saturated rings. The Balaban J connectivity index is 2.04. The van der Waals surface area contributed by atoms with Crippen LogP contribution in [0.2, 0.25) is 0 Å². The fourth-order valence-electron chi connectivity index (χ4n) is 2.19. The SMILES string of the molecule is CCOC(=O)c1ccc(NC(=O)C2COC(C)C2)c(Br)c1. The van der Waals surface area contributed by atoms with Gasteiger partial charge in [-0.05, 0) is 54.4 Å². The minimum Gasteiger partial charge on any atom is -0.462 e. The lowest BCUT2D eigenvalue weighted by Gasteiger charge is -2.12. The van der Waals surface area contributed by atoms with E-state index in [-0.39, 0.29) is 23.9 Å². The zero-order chi connectivity index (χ0) is 15.4. The van der Waals surface area contributed by atoms with Gasteiger partial charge in [-0.25, -0.2) is 4.79 Å². The smallest absolute Gasteiger partial charge is 0.338 e. The summed E-state index contributed by atoms with van der Waals surface area (Å²) < 4.78 is 11.0. The molecule has 1 aromatic rings. The zero-order valence-corrected chi connectivity index (χ0v) is 13.6. The zero-order valence-electron chi connectivity index (χ0n) is 12.0. The third-order valence-corrected chi connectivity index (χ3v) is 3.96. The monoisotopic (exact) mass is 355 g/mol. The second-order valence-corrected chi connectivity index (χ2v) is 5.84. The first-order valence-corrected chi connectivity index (χ1v) is 7.69. The highest BCUT2D eigenvalue weighted by Gasteiger charge is 2.28. The number of carbonyl (C=O) groups is 2. The van der Waals surface area contributed by atoms with E-state index < -0.39 is 0 Å². The molecular weight excluding hydrogens is 338 g/mol. The number of hydrogen-bond acceptors (Lipinski definition) is 4. The van der Waals surface area contributed by atoms with Gasteiger partial charge in [-0.15, -0.1) is 0 Å². The van der Waals surface area contributed by atoms with Crippen molar-refractivity contribution in [3.05, 3.63) is 28.2 Å². The highest BCUT2D eigenvalue weighted by atomic mass is 79.9. The van der Waals surface area contributed by atoms with E-state index in [2.05, 4.69) is 21.2 Å². The maximum atomic E-state index is 12.1. The maximum absolute atomic E-state index is 12.1. The molecule has 5 nitrogen and oxygen atoms in total. The van der Waals surface area contributed by atoms with Crippen molar-refractivity contribution in [1.82, 2.24) is 0 Å². The first kappa shape index (κ1) is 16.0. The van der Waals surface area contributed by atoms with Crippen molar-refractivity contribution in [3.63, 3.8) is 0 Å². The Morgan fingerprint density at radius 3 is 2.81 bits per heavy atom. The van der Waals surface area contributed by atoms with E-state index in [1.165, 1.54) is 0 Å². The molecular formula is C15H18BrNO4. The number of rotatable bonds is 4. The largest absolute Gasteiger partial charge is 0.462 e. The molecule has 21 heavy (non-hydrogen) atoms. The van der Waals surface area contributed by atoms with Crippen LogP contribution in [0.3, 0.4) is 0 Å². The number of anilines is 1. The fourth-order valence-corrected chi connectivity index (χ4v) is 2.67. The van der Waals surface area contributed by atoms with Gasteiger partial charge in [0.05, 0.1) is 36.5 Å². The highest BCUT2D eigenvalue weighted by Crippen LogP contribution is 2.26. The number of ether oxygens (including phenoxy) is 2.